The Bertz CT molecular complexity index is 734. The predicted octanol–water partition coefficient (Wildman–Crippen LogP) is 1.75. The van der Waals surface area contributed by atoms with E-state index in [0.717, 1.165) is 31.7 Å². The third-order valence-corrected chi connectivity index (χ3v) is 4.04. The van der Waals surface area contributed by atoms with Crippen LogP contribution in [0.25, 0.3) is 0 Å². The highest BCUT2D eigenvalue weighted by atomic mass is 16.7. The quantitative estimate of drug-likeness (QED) is 0.906. The average Bonchev–Trinajstić information content (AvgIpc) is 3.08. The van der Waals surface area contributed by atoms with Crippen molar-refractivity contribution < 1.29 is 14.2 Å². The van der Waals surface area contributed by atoms with Crippen LogP contribution in [-0.2, 0) is 6.61 Å². The van der Waals surface area contributed by atoms with Gasteiger partial charge in [-0.15, -0.1) is 0 Å². The minimum Gasteiger partial charge on any atom is -0.485 e. The van der Waals surface area contributed by atoms with Crippen LogP contribution in [0.2, 0.25) is 0 Å². The molecule has 4 rings (SSSR count). The first-order valence-corrected chi connectivity index (χ1v) is 8.06. The van der Waals surface area contributed by atoms with E-state index in [0.29, 0.717) is 23.3 Å². The SMILES string of the molecule is Nc1nc(COc2ccc3c(c2)OCO3)nc(N2CCCCC2)n1. The molecule has 3 heterocycles. The Morgan fingerprint density at radius 2 is 1.88 bits per heavy atom. The lowest BCUT2D eigenvalue weighted by Gasteiger charge is -2.26. The van der Waals surface area contributed by atoms with Crippen LogP contribution < -0.4 is 24.8 Å². The number of piperidine rings is 1. The van der Waals surface area contributed by atoms with E-state index >= 15 is 0 Å². The van der Waals surface area contributed by atoms with Crippen molar-refractivity contribution in [1.82, 2.24) is 15.0 Å². The first-order valence-electron chi connectivity index (χ1n) is 8.06. The third-order valence-electron chi connectivity index (χ3n) is 4.04. The molecule has 0 radical (unpaired) electrons. The van der Waals surface area contributed by atoms with Crippen LogP contribution in [0, 0.1) is 0 Å². The van der Waals surface area contributed by atoms with E-state index in [1.54, 1.807) is 6.07 Å². The summed E-state index contributed by atoms with van der Waals surface area (Å²) in [5.74, 6) is 3.43. The lowest BCUT2D eigenvalue weighted by Crippen LogP contribution is -2.31. The summed E-state index contributed by atoms with van der Waals surface area (Å²) in [7, 11) is 0. The van der Waals surface area contributed by atoms with E-state index in [1.807, 2.05) is 12.1 Å². The Hall–Kier alpha value is -2.77. The van der Waals surface area contributed by atoms with Gasteiger partial charge < -0.3 is 24.8 Å². The minimum absolute atomic E-state index is 0.215. The number of hydrogen-bond acceptors (Lipinski definition) is 8. The number of nitrogen functional groups attached to an aromatic ring is 1. The van der Waals surface area contributed by atoms with Gasteiger partial charge in [0.15, 0.2) is 17.3 Å². The zero-order chi connectivity index (χ0) is 16.4. The molecular weight excluding hydrogens is 310 g/mol. The van der Waals surface area contributed by atoms with Crippen LogP contribution in [0.1, 0.15) is 25.1 Å². The highest BCUT2D eigenvalue weighted by Crippen LogP contribution is 2.35. The summed E-state index contributed by atoms with van der Waals surface area (Å²) < 4.78 is 16.4. The average molecular weight is 329 g/mol. The molecule has 0 aliphatic carbocycles. The van der Waals surface area contributed by atoms with Crippen molar-refractivity contribution in [3.05, 3.63) is 24.0 Å². The molecule has 0 bridgehead atoms. The fraction of sp³-hybridized carbons (Fsp3) is 0.438. The molecule has 2 N–H and O–H groups in total. The molecular formula is C16H19N5O3. The second-order valence-electron chi connectivity index (χ2n) is 5.76. The zero-order valence-electron chi connectivity index (χ0n) is 13.3. The number of ether oxygens (including phenoxy) is 3. The molecule has 2 aliphatic rings. The van der Waals surface area contributed by atoms with Gasteiger partial charge in [0.05, 0.1) is 0 Å². The van der Waals surface area contributed by atoms with Crippen molar-refractivity contribution in [2.75, 3.05) is 30.5 Å². The number of nitrogens with two attached hydrogens (primary N) is 1. The number of benzene rings is 1. The van der Waals surface area contributed by atoms with E-state index in [4.69, 9.17) is 19.9 Å². The van der Waals surface area contributed by atoms with Crippen molar-refractivity contribution in [2.45, 2.75) is 25.9 Å². The highest BCUT2D eigenvalue weighted by molar-refractivity contribution is 5.46. The summed E-state index contributed by atoms with van der Waals surface area (Å²) in [5, 5.41) is 0. The number of aromatic nitrogens is 3. The Morgan fingerprint density at radius 1 is 1.04 bits per heavy atom. The lowest BCUT2D eigenvalue weighted by molar-refractivity contribution is 0.173. The predicted molar refractivity (Wildman–Crippen MR) is 87.2 cm³/mol. The van der Waals surface area contributed by atoms with Crippen LogP contribution in [0.3, 0.4) is 0 Å². The Balaban J connectivity index is 1.47. The van der Waals surface area contributed by atoms with Crippen LogP contribution in [0.5, 0.6) is 17.2 Å². The second-order valence-corrected chi connectivity index (χ2v) is 5.76. The third kappa shape index (κ3) is 3.12. The molecule has 0 saturated carbocycles. The van der Waals surface area contributed by atoms with E-state index in [-0.39, 0.29) is 19.3 Å². The maximum absolute atomic E-state index is 5.83. The van der Waals surface area contributed by atoms with Gasteiger partial charge in [0.2, 0.25) is 18.7 Å². The fourth-order valence-electron chi connectivity index (χ4n) is 2.84. The number of fused-ring (bicyclic) bond motifs is 1. The molecule has 0 unspecified atom stereocenters. The smallest absolute Gasteiger partial charge is 0.231 e. The van der Waals surface area contributed by atoms with Crippen molar-refractivity contribution >= 4 is 11.9 Å². The van der Waals surface area contributed by atoms with E-state index in [2.05, 4.69) is 19.9 Å². The van der Waals surface area contributed by atoms with Crippen LogP contribution in [-0.4, -0.2) is 34.8 Å². The van der Waals surface area contributed by atoms with Gasteiger partial charge in [-0.3, -0.25) is 0 Å². The Kier molecular flexibility index (Phi) is 3.94. The van der Waals surface area contributed by atoms with Gasteiger partial charge in [0.1, 0.15) is 12.4 Å². The first kappa shape index (κ1) is 14.8. The molecule has 0 amide bonds. The fourth-order valence-corrected chi connectivity index (χ4v) is 2.84. The monoisotopic (exact) mass is 329 g/mol. The largest absolute Gasteiger partial charge is 0.485 e. The number of hydrogen-bond donors (Lipinski definition) is 1. The van der Waals surface area contributed by atoms with Crippen molar-refractivity contribution in [2.24, 2.45) is 0 Å². The van der Waals surface area contributed by atoms with E-state index in [9.17, 15) is 0 Å². The number of rotatable bonds is 4. The molecule has 8 nitrogen and oxygen atoms in total. The first-order chi connectivity index (χ1) is 11.8. The molecule has 1 fully saturated rings. The van der Waals surface area contributed by atoms with Gasteiger partial charge in [-0.2, -0.15) is 15.0 Å². The van der Waals surface area contributed by atoms with E-state index in [1.165, 1.54) is 6.42 Å². The molecule has 8 heteroatoms. The molecule has 1 aromatic heterocycles. The highest BCUT2D eigenvalue weighted by Gasteiger charge is 2.17. The summed E-state index contributed by atoms with van der Waals surface area (Å²) in [6.07, 6.45) is 3.54. The summed E-state index contributed by atoms with van der Waals surface area (Å²) in [4.78, 5) is 15.0. The van der Waals surface area contributed by atoms with Gasteiger partial charge in [-0.05, 0) is 31.4 Å². The number of nitrogens with zero attached hydrogens (tertiary/aromatic N) is 4. The molecule has 0 atom stereocenters. The van der Waals surface area contributed by atoms with Crippen molar-refractivity contribution in [1.29, 1.82) is 0 Å². The molecule has 2 aliphatic heterocycles. The van der Waals surface area contributed by atoms with Crippen LogP contribution >= 0.6 is 0 Å². The summed E-state index contributed by atoms with van der Waals surface area (Å²) in [5.41, 5.74) is 5.83. The normalized spacial score (nSPS) is 16.2. The van der Waals surface area contributed by atoms with Crippen LogP contribution in [0.15, 0.2) is 18.2 Å². The number of anilines is 2. The van der Waals surface area contributed by atoms with Gasteiger partial charge in [0, 0.05) is 19.2 Å². The van der Waals surface area contributed by atoms with Crippen molar-refractivity contribution in [3.8, 4) is 17.2 Å². The topological polar surface area (TPSA) is 95.6 Å². The molecule has 126 valence electrons. The molecule has 0 spiro atoms. The van der Waals surface area contributed by atoms with Crippen LogP contribution in [0.4, 0.5) is 11.9 Å². The maximum atomic E-state index is 5.83. The Morgan fingerprint density at radius 3 is 2.75 bits per heavy atom. The van der Waals surface area contributed by atoms with Crippen molar-refractivity contribution in [3.63, 3.8) is 0 Å². The maximum Gasteiger partial charge on any atom is 0.231 e. The molecule has 24 heavy (non-hydrogen) atoms. The second kappa shape index (κ2) is 6.38. The molecule has 1 saturated heterocycles. The molecule has 2 aromatic rings. The summed E-state index contributed by atoms with van der Waals surface area (Å²) >= 11 is 0. The van der Waals surface area contributed by atoms with Gasteiger partial charge in [-0.25, -0.2) is 0 Å². The Labute approximate surface area is 139 Å². The lowest BCUT2D eigenvalue weighted by atomic mass is 10.1. The van der Waals surface area contributed by atoms with Gasteiger partial charge >= 0.3 is 0 Å². The summed E-state index contributed by atoms with van der Waals surface area (Å²) in [6.45, 7) is 2.35. The van der Waals surface area contributed by atoms with Gasteiger partial charge in [-0.1, -0.05) is 0 Å². The minimum atomic E-state index is 0.215. The van der Waals surface area contributed by atoms with Gasteiger partial charge in [0.25, 0.3) is 0 Å². The van der Waals surface area contributed by atoms with E-state index < -0.39 is 0 Å². The standard InChI is InChI=1S/C16H19N5O3/c17-15-18-14(19-16(20-15)21-6-2-1-3-7-21)9-22-11-4-5-12-13(8-11)24-10-23-12/h4-5,8H,1-3,6-7,9-10H2,(H2,17,18,19,20). The zero-order valence-corrected chi connectivity index (χ0v) is 13.3. The molecule has 1 aromatic carbocycles. The summed E-state index contributed by atoms with van der Waals surface area (Å²) in [6, 6.07) is 5.43.